The number of benzene rings is 2. The van der Waals surface area contributed by atoms with Crippen LogP contribution in [-0.4, -0.2) is 17.5 Å². The summed E-state index contributed by atoms with van der Waals surface area (Å²) < 4.78 is 0. The summed E-state index contributed by atoms with van der Waals surface area (Å²) >= 11 is 5.84. The van der Waals surface area contributed by atoms with Crippen molar-refractivity contribution < 1.29 is 9.59 Å². The molecule has 0 spiro atoms. The number of hydrazone groups is 1. The van der Waals surface area contributed by atoms with Crippen molar-refractivity contribution in [3.05, 3.63) is 64.2 Å². The average Bonchev–Trinajstić information content (AvgIpc) is 2.68. The number of fused-ring (bicyclic) bond motifs is 1. The molecule has 1 aliphatic rings. The number of rotatable bonds is 6. The summed E-state index contributed by atoms with van der Waals surface area (Å²) in [6.07, 6.45) is 4.76. The molecule has 0 saturated carbocycles. The van der Waals surface area contributed by atoms with Gasteiger partial charge >= 0.3 is 0 Å². The minimum atomic E-state index is -0.237. The van der Waals surface area contributed by atoms with Crippen molar-refractivity contribution in [1.82, 2.24) is 5.43 Å². The predicted molar refractivity (Wildman–Crippen MR) is 113 cm³/mol. The zero-order chi connectivity index (χ0) is 19.9. The standard InChI is InChI=1S/C22H24ClN3O2/c1-15(25-26-22(28)14-16-9-11-18(23)12-10-16)13-21(27)24-20-8-4-6-17-5-2-3-7-19(17)20/h4,6,8-12H,2-3,5,7,13-14H2,1H3,(H,24,27)(H,26,28)/b25-15+. The van der Waals surface area contributed by atoms with Gasteiger partial charge in [-0.1, -0.05) is 35.9 Å². The van der Waals surface area contributed by atoms with Crippen LogP contribution in [0.1, 0.15) is 42.9 Å². The number of anilines is 1. The lowest BCUT2D eigenvalue weighted by Crippen LogP contribution is -2.23. The Hall–Kier alpha value is -2.66. The number of aryl methyl sites for hydroxylation is 1. The Labute approximate surface area is 170 Å². The molecule has 2 aromatic rings. The number of amides is 2. The van der Waals surface area contributed by atoms with Crippen LogP contribution in [0.5, 0.6) is 0 Å². The molecule has 2 N–H and O–H groups in total. The van der Waals surface area contributed by atoms with Gasteiger partial charge in [0, 0.05) is 16.4 Å². The molecule has 0 aliphatic heterocycles. The van der Waals surface area contributed by atoms with E-state index in [1.54, 1.807) is 31.2 Å². The second kappa shape index (κ2) is 9.51. The number of hydrogen-bond acceptors (Lipinski definition) is 3. The van der Waals surface area contributed by atoms with E-state index in [0.717, 1.165) is 30.5 Å². The SMILES string of the molecule is C/C(CC(=O)Nc1cccc2c1CCCC2)=N\NC(=O)Cc1ccc(Cl)cc1. The maximum Gasteiger partial charge on any atom is 0.244 e. The van der Waals surface area contributed by atoms with Gasteiger partial charge < -0.3 is 5.32 Å². The summed E-state index contributed by atoms with van der Waals surface area (Å²) in [6, 6.07) is 13.1. The van der Waals surface area contributed by atoms with E-state index in [1.807, 2.05) is 12.1 Å². The number of hydrogen-bond donors (Lipinski definition) is 2. The van der Waals surface area contributed by atoms with Crippen LogP contribution in [0.4, 0.5) is 5.69 Å². The second-order valence-corrected chi connectivity index (χ2v) is 7.50. The van der Waals surface area contributed by atoms with Gasteiger partial charge in [-0.3, -0.25) is 9.59 Å². The van der Waals surface area contributed by atoms with Crippen LogP contribution >= 0.6 is 11.6 Å². The molecule has 1 aliphatic carbocycles. The van der Waals surface area contributed by atoms with Gasteiger partial charge in [0.05, 0.1) is 12.8 Å². The Balaban J connectivity index is 1.51. The first-order valence-corrected chi connectivity index (χ1v) is 9.86. The van der Waals surface area contributed by atoms with Crippen molar-refractivity contribution in [2.24, 2.45) is 5.10 Å². The quantitative estimate of drug-likeness (QED) is 0.564. The zero-order valence-electron chi connectivity index (χ0n) is 15.9. The number of carbonyl (C=O) groups excluding carboxylic acids is 2. The molecule has 0 heterocycles. The van der Waals surface area contributed by atoms with Gasteiger partial charge in [-0.15, -0.1) is 0 Å². The minimum absolute atomic E-state index is 0.130. The van der Waals surface area contributed by atoms with E-state index >= 15 is 0 Å². The highest BCUT2D eigenvalue weighted by Gasteiger charge is 2.14. The highest BCUT2D eigenvalue weighted by Crippen LogP contribution is 2.27. The van der Waals surface area contributed by atoms with Crippen molar-refractivity contribution in [3.63, 3.8) is 0 Å². The Kier molecular flexibility index (Phi) is 6.82. The van der Waals surface area contributed by atoms with Gasteiger partial charge in [0.15, 0.2) is 0 Å². The number of halogens is 1. The molecule has 0 saturated heterocycles. The monoisotopic (exact) mass is 397 g/mol. The lowest BCUT2D eigenvalue weighted by atomic mass is 9.90. The molecular weight excluding hydrogens is 374 g/mol. The first-order valence-electron chi connectivity index (χ1n) is 9.48. The number of nitrogens with zero attached hydrogens (tertiary/aromatic N) is 1. The zero-order valence-corrected chi connectivity index (χ0v) is 16.7. The third-order valence-electron chi connectivity index (χ3n) is 4.74. The summed E-state index contributed by atoms with van der Waals surface area (Å²) in [5, 5.41) is 7.65. The molecule has 0 radical (unpaired) electrons. The summed E-state index contributed by atoms with van der Waals surface area (Å²) in [6.45, 7) is 1.72. The topological polar surface area (TPSA) is 70.6 Å². The van der Waals surface area contributed by atoms with Crippen LogP contribution in [0.3, 0.4) is 0 Å². The van der Waals surface area contributed by atoms with Crippen molar-refractivity contribution in [3.8, 4) is 0 Å². The molecular formula is C22H24ClN3O2. The molecule has 5 nitrogen and oxygen atoms in total. The lowest BCUT2D eigenvalue weighted by molar-refractivity contribution is -0.120. The third kappa shape index (κ3) is 5.67. The predicted octanol–water partition coefficient (Wildman–Crippen LogP) is 4.28. The Bertz CT molecular complexity index is 891. The maximum atomic E-state index is 12.4. The van der Waals surface area contributed by atoms with Gasteiger partial charge in [-0.25, -0.2) is 5.43 Å². The summed E-state index contributed by atoms with van der Waals surface area (Å²) in [5.41, 5.74) is 7.35. The minimum Gasteiger partial charge on any atom is -0.325 e. The first-order chi connectivity index (χ1) is 13.5. The van der Waals surface area contributed by atoms with Crippen molar-refractivity contribution >= 4 is 34.8 Å². The van der Waals surface area contributed by atoms with E-state index in [0.29, 0.717) is 10.7 Å². The fourth-order valence-electron chi connectivity index (χ4n) is 3.35. The maximum absolute atomic E-state index is 12.4. The van der Waals surface area contributed by atoms with Gasteiger partial charge in [0.2, 0.25) is 11.8 Å². The Morgan fingerprint density at radius 3 is 2.57 bits per heavy atom. The molecule has 2 amide bonds. The molecule has 0 atom stereocenters. The largest absolute Gasteiger partial charge is 0.325 e. The smallest absolute Gasteiger partial charge is 0.244 e. The summed E-state index contributed by atoms with van der Waals surface area (Å²) in [7, 11) is 0. The molecule has 28 heavy (non-hydrogen) atoms. The van der Waals surface area contributed by atoms with Crippen LogP contribution in [-0.2, 0) is 28.9 Å². The third-order valence-corrected chi connectivity index (χ3v) is 4.99. The van der Waals surface area contributed by atoms with Gasteiger partial charge in [-0.2, -0.15) is 5.10 Å². The highest BCUT2D eigenvalue weighted by atomic mass is 35.5. The number of carbonyl (C=O) groups is 2. The van der Waals surface area contributed by atoms with E-state index in [4.69, 9.17) is 11.6 Å². The Morgan fingerprint density at radius 1 is 1.04 bits per heavy atom. The second-order valence-electron chi connectivity index (χ2n) is 7.06. The first kappa shape index (κ1) is 20.1. The van der Waals surface area contributed by atoms with Crippen molar-refractivity contribution in [2.45, 2.75) is 45.4 Å². The van der Waals surface area contributed by atoms with Crippen LogP contribution in [0.15, 0.2) is 47.6 Å². The van der Waals surface area contributed by atoms with E-state index in [2.05, 4.69) is 21.9 Å². The summed E-state index contributed by atoms with van der Waals surface area (Å²) in [5.74, 6) is -0.369. The highest BCUT2D eigenvalue weighted by molar-refractivity contribution is 6.30. The molecule has 0 unspecified atom stereocenters. The van der Waals surface area contributed by atoms with Crippen LogP contribution in [0.25, 0.3) is 0 Å². The van der Waals surface area contributed by atoms with E-state index in [1.165, 1.54) is 17.5 Å². The lowest BCUT2D eigenvalue weighted by Gasteiger charge is -2.19. The normalized spacial score (nSPS) is 13.6. The van der Waals surface area contributed by atoms with Crippen LogP contribution < -0.4 is 10.7 Å². The van der Waals surface area contributed by atoms with Crippen LogP contribution in [0.2, 0.25) is 5.02 Å². The van der Waals surface area contributed by atoms with Crippen molar-refractivity contribution in [2.75, 3.05) is 5.32 Å². The van der Waals surface area contributed by atoms with E-state index in [9.17, 15) is 9.59 Å². The molecule has 3 rings (SSSR count). The summed E-state index contributed by atoms with van der Waals surface area (Å²) in [4.78, 5) is 24.3. The van der Waals surface area contributed by atoms with Crippen LogP contribution in [0, 0.1) is 0 Å². The molecule has 2 aromatic carbocycles. The average molecular weight is 398 g/mol. The fourth-order valence-corrected chi connectivity index (χ4v) is 3.48. The van der Waals surface area contributed by atoms with Gasteiger partial charge in [0.1, 0.15) is 0 Å². The molecule has 0 fully saturated rings. The van der Waals surface area contributed by atoms with E-state index < -0.39 is 0 Å². The molecule has 0 bridgehead atoms. The molecule has 6 heteroatoms. The number of nitrogens with one attached hydrogen (secondary N) is 2. The molecule has 146 valence electrons. The van der Waals surface area contributed by atoms with Gasteiger partial charge in [0.25, 0.3) is 0 Å². The fraction of sp³-hybridized carbons (Fsp3) is 0.318. The molecule has 0 aromatic heterocycles. The van der Waals surface area contributed by atoms with Gasteiger partial charge in [-0.05, 0) is 67.5 Å². The Morgan fingerprint density at radius 2 is 1.79 bits per heavy atom. The van der Waals surface area contributed by atoms with Crippen molar-refractivity contribution in [1.29, 1.82) is 0 Å². The van der Waals surface area contributed by atoms with E-state index in [-0.39, 0.29) is 24.7 Å².